The maximum absolute atomic E-state index is 11.8. The number of amides is 2. The third-order valence-electron chi connectivity index (χ3n) is 3.25. The van der Waals surface area contributed by atoms with Crippen LogP contribution < -0.4 is 20.9 Å². The highest BCUT2D eigenvalue weighted by Crippen LogP contribution is 2.21. The molecular weight excluding hydrogens is 354 g/mol. The van der Waals surface area contributed by atoms with Gasteiger partial charge in [-0.05, 0) is 55.4 Å². The number of carbonyl (C=O) groups is 2. The van der Waals surface area contributed by atoms with Gasteiger partial charge < -0.3 is 9.15 Å². The molecule has 0 aliphatic heterocycles. The molecule has 0 bridgehead atoms. The third kappa shape index (κ3) is 6.06. The van der Waals surface area contributed by atoms with Gasteiger partial charge in [0.25, 0.3) is 5.91 Å². The van der Waals surface area contributed by atoms with E-state index in [1.54, 1.807) is 12.1 Å². The van der Waals surface area contributed by atoms with Crippen LogP contribution in [-0.2, 0) is 9.59 Å². The molecule has 0 atom stereocenters. The van der Waals surface area contributed by atoms with Crippen LogP contribution in [0.15, 0.2) is 47.1 Å². The average Bonchev–Trinajstić information content (AvgIpc) is 3.11. The number of carbonyl (C=O) groups excluding carboxylic acids is 2. The van der Waals surface area contributed by atoms with E-state index in [0.29, 0.717) is 11.5 Å². The number of para-hydroxylation sites is 1. The van der Waals surface area contributed by atoms with Crippen LogP contribution in [0.2, 0.25) is 0 Å². The van der Waals surface area contributed by atoms with E-state index in [2.05, 4.69) is 16.2 Å². The molecule has 0 aliphatic carbocycles. The van der Waals surface area contributed by atoms with E-state index in [1.807, 2.05) is 32.0 Å². The molecule has 3 N–H and O–H groups in total. The number of rotatable bonds is 5. The van der Waals surface area contributed by atoms with E-state index >= 15 is 0 Å². The van der Waals surface area contributed by atoms with Crippen molar-refractivity contribution >= 4 is 35.2 Å². The number of aryl methyl sites for hydroxylation is 2. The van der Waals surface area contributed by atoms with Gasteiger partial charge in [-0.3, -0.25) is 25.8 Å². The lowest BCUT2D eigenvalue weighted by Gasteiger charge is -2.13. The van der Waals surface area contributed by atoms with Crippen molar-refractivity contribution in [3.8, 4) is 5.75 Å². The molecule has 1 aromatic carbocycles. The molecule has 1 heterocycles. The maximum atomic E-state index is 11.8. The summed E-state index contributed by atoms with van der Waals surface area (Å²) in [7, 11) is 0. The normalized spacial score (nSPS) is 10.4. The van der Waals surface area contributed by atoms with Gasteiger partial charge in [-0.15, -0.1) is 0 Å². The van der Waals surface area contributed by atoms with Crippen LogP contribution in [-0.4, -0.2) is 23.5 Å². The second kappa shape index (κ2) is 9.38. The Labute approximate surface area is 156 Å². The van der Waals surface area contributed by atoms with Crippen molar-refractivity contribution in [2.75, 3.05) is 6.61 Å². The summed E-state index contributed by atoms with van der Waals surface area (Å²) in [5.41, 5.74) is 6.67. The molecule has 0 saturated carbocycles. The number of nitrogens with one attached hydrogen (secondary N) is 3. The molecule has 2 rings (SSSR count). The summed E-state index contributed by atoms with van der Waals surface area (Å²) < 4.78 is 10.6. The first-order valence-electron chi connectivity index (χ1n) is 7.76. The van der Waals surface area contributed by atoms with Gasteiger partial charge in [0, 0.05) is 6.08 Å². The minimum absolute atomic E-state index is 0.0421. The molecule has 2 aromatic rings. The molecule has 0 unspecified atom stereocenters. The first-order valence-corrected chi connectivity index (χ1v) is 8.17. The molecule has 26 heavy (non-hydrogen) atoms. The van der Waals surface area contributed by atoms with Crippen molar-refractivity contribution < 1.29 is 18.7 Å². The molecule has 0 spiro atoms. The van der Waals surface area contributed by atoms with E-state index in [1.165, 1.54) is 18.4 Å². The van der Waals surface area contributed by atoms with Crippen molar-refractivity contribution in [1.82, 2.24) is 16.2 Å². The van der Waals surface area contributed by atoms with Crippen molar-refractivity contribution in [2.45, 2.75) is 13.8 Å². The summed E-state index contributed by atoms with van der Waals surface area (Å²) in [4.78, 5) is 23.5. The number of furan rings is 1. The molecule has 0 radical (unpaired) electrons. The van der Waals surface area contributed by atoms with Crippen molar-refractivity contribution in [1.29, 1.82) is 0 Å². The Kier molecular flexibility index (Phi) is 6.92. The fourth-order valence-corrected chi connectivity index (χ4v) is 2.21. The number of hydrazine groups is 1. The van der Waals surface area contributed by atoms with Gasteiger partial charge in [-0.2, -0.15) is 0 Å². The minimum Gasteiger partial charge on any atom is -0.483 e. The van der Waals surface area contributed by atoms with E-state index < -0.39 is 11.8 Å². The topological polar surface area (TPSA) is 92.6 Å². The highest BCUT2D eigenvalue weighted by Gasteiger charge is 2.08. The highest BCUT2D eigenvalue weighted by molar-refractivity contribution is 7.80. The zero-order chi connectivity index (χ0) is 18.9. The number of hydrogen-bond donors (Lipinski definition) is 3. The van der Waals surface area contributed by atoms with Crippen LogP contribution in [0.5, 0.6) is 5.75 Å². The van der Waals surface area contributed by atoms with Gasteiger partial charge in [-0.1, -0.05) is 18.2 Å². The van der Waals surface area contributed by atoms with Crippen molar-refractivity contribution in [3.05, 3.63) is 59.6 Å². The molecular formula is C18H19N3O4S. The lowest BCUT2D eigenvalue weighted by molar-refractivity contribution is -0.123. The zero-order valence-corrected chi connectivity index (χ0v) is 15.2. The average molecular weight is 373 g/mol. The number of benzene rings is 1. The predicted octanol–water partition coefficient (Wildman–Crippen LogP) is 2.01. The summed E-state index contributed by atoms with van der Waals surface area (Å²) in [6.45, 7) is 3.62. The summed E-state index contributed by atoms with van der Waals surface area (Å²) in [6, 6.07) is 9.13. The van der Waals surface area contributed by atoms with Crippen LogP contribution in [0.25, 0.3) is 6.08 Å². The Morgan fingerprint density at radius 3 is 2.54 bits per heavy atom. The lowest BCUT2D eigenvalue weighted by Crippen LogP contribution is -2.49. The highest BCUT2D eigenvalue weighted by atomic mass is 32.1. The van der Waals surface area contributed by atoms with Crippen molar-refractivity contribution in [2.24, 2.45) is 0 Å². The van der Waals surface area contributed by atoms with E-state index in [4.69, 9.17) is 21.4 Å². The van der Waals surface area contributed by atoms with Gasteiger partial charge in [0.1, 0.15) is 11.5 Å². The van der Waals surface area contributed by atoms with Gasteiger partial charge >= 0.3 is 0 Å². The smallest absolute Gasteiger partial charge is 0.276 e. The van der Waals surface area contributed by atoms with Gasteiger partial charge in [0.05, 0.1) is 6.26 Å². The van der Waals surface area contributed by atoms with E-state index in [-0.39, 0.29) is 11.7 Å². The lowest BCUT2D eigenvalue weighted by atomic mass is 10.1. The zero-order valence-electron chi connectivity index (χ0n) is 14.4. The molecule has 2 amide bonds. The second-order valence-corrected chi connectivity index (χ2v) is 5.76. The Morgan fingerprint density at radius 1 is 1.15 bits per heavy atom. The van der Waals surface area contributed by atoms with Crippen molar-refractivity contribution in [3.63, 3.8) is 0 Å². The Balaban J connectivity index is 1.71. The Hall–Kier alpha value is -3.13. The number of ether oxygens (including phenoxy) is 1. The van der Waals surface area contributed by atoms with Crippen LogP contribution in [0.4, 0.5) is 0 Å². The first kappa shape index (κ1) is 19.2. The summed E-state index contributed by atoms with van der Waals surface area (Å²) >= 11 is 4.93. The summed E-state index contributed by atoms with van der Waals surface area (Å²) in [5, 5.41) is 2.35. The monoisotopic (exact) mass is 373 g/mol. The minimum atomic E-state index is -0.458. The van der Waals surface area contributed by atoms with Crippen LogP contribution in [0, 0.1) is 13.8 Å². The molecule has 8 heteroatoms. The fourth-order valence-electron chi connectivity index (χ4n) is 2.06. The maximum Gasteiger partial charge on any atom is 0.276 e. The van der Waals surface area contributed by atoms with E-state index in [0.717, 1.165) is 11.1 Å². The molecule has 0 saturated heterocycles. The van der Waals surface area contributed by atoms with E-state index in [9.17, 15) is 9.59 Å². The standard InChI is InChI=1S/C18H19N3O4S/c1-12-5-3-6-13(2)17(12)25-11-16(23)20-21-18(26)19-15(22)9-8-14-7-4-10-24-14/h3-10H,11H2,1-2H3,(H,20,23)(H2,19,21,22,26)/b9-8+. The first-order chi connectivity index (χ1) is 12.5. The molecule has 136 valence electrons. The largest absolute Gasteiger partial charge is 0.483 e. The molecule has 1 aromatic heterocycles. The predicted molar refractivity (Wildman–Crippen MR) is 101 cm³/mol. The third-order valence-corrected chi connectivity index (χ3v) is 3.45. The summed E-state index contributed by atoms with van der Waals surface area (Å²) in [6.07, 6.45) is 4.26. The molecule has 7 nitrogen and oxygen atoms in total. The fraction of sp³-hybridized carbons (Fsp3) is 0.167. The quantitative estimate of drug-likeness (QED) is 0.422. The van der Waals surface area contributed by atoms with Crippen LogP contribution in [0.1, 0.15) is 16.9 Å². The van der Waals surface area contributed by atoms with Crippen LogP contribution in [0.3, 0.4) is 0 Å². The Morgan fingerprint density at radius 2 is 1.88 bits per heavy atom. The van der Waals surface area contributed by atoms with Crippen LogP contribution >= 0.6 is 12.2 Å². The van der Waals surface area contributed by atoms with Gasteiger partial charge in [0.2, 0.25) is 5.91 Å². The van der Waals surface area contributed by atoms with Gasteiger partial charge in [0.15, 0.2) is 11.7 Å². The second-order valence-electron chi connectivity index (χ2n) is 5.35. The Bertz CT molecular complexity index is 796. The number of thiocarbonyl (C=S) groups is 1. The molecule has 0 fully saturated rings. The number of hydrogen-bond acceptors (Lipinski definition) is 5. The summed E-state index contributed by atoms with van der Waals surface area (Å²) in [5.74, 6) is 0.313. The van der Waals surface area contributed by atoms with Gasteiger partial charge in [-0.25, -0.2) is 0 Å². The molecule has 0 aliphatic rings. The SMILES string of the molecule is Cc1cccc(C)c1OCC(=O)NNC(=S)NC(=O)/C=C/c1ccco1.